The van der Waals surface area contributed by atoms with Gasteiger partial charge in [-0.3, -0.25) is 9.79 Å². The zero-order valence-electron chi connectivity index (χ0n) is 15.5. The van der Waals surface area contributed by atoms with Crippen LogP contribution in [-0.4, -0.2) is 38.0 Å². The molecule has 1 fully saturated rings. The van der Waals surface area contributed by atoms with E-state index in [1.807, 2.05) is 0 Å². The van der Waals surface area contributed by atoms with Crippen molar-refractivity contribution in [1.82, 2.24) is 16.0 Å². The number of aliphatic imine (C=N–C) groups is 1. The van der Waals surface area contributed by atoms with Crippen LogP contribution in [0.2, 0.25) is 0 Å². The van der Waals surface area contributed by atoms with Crippen molar-refractivity contribution in [1.29, 1.82) is 0 Å². The van der Waals surface area contributed by atoms with E-state index in [2.05, 4.69) is 52.3 Å². The summed E-state index contributed by atoms with van der Waals surface area (Å²) in [6.45, 7) is 7.16. The molecule has 1 aromatic rings. The zero-order chi connectivity index (χ0) is 17.9. The van der Waals surface area contributed by atoms with Gasteiger partial charge in [-0.25, -0.2) is 0 Å². The average molecular weight is 365 g/mol. The van der Waals surface area contributed by atoms with Crippen LogP contribution in [0.1, 0.15) is 56.7 Å². The Morgan fingerprint density at radius 1 is 1.28 bits per heavy atom. The summed E-state index contributed by atoms with van der Waals surface area (Å²) in [4.78, 5) is 17.9. The molecule has 1 aliphatic carbocycles. The van der Waals surface area contributed by atoms with Crippen molar-refractivity contribution in [3.8, 4) is 0 Å². The Bertz CT molecular complexity index is 524. The Morgan fingerprint density at radius 3 is 2.72 bits per heavy atom. The fourth-order valence-corrected chi connectivity index (χ4v) is 3.94. The smallest absolute Gasteiger partial charge is 0.220 e. The summed E-state index contributed by atoms with van der Waals surface area (Å²) in [7, 11) is 0. The van der Waals surface area contributed by atoms with E-state index in [1.165, 1.54) is 30.6 Å². The Morgan fingerprint density at radius 2 is 2.04 bits per heavy atom. The summed E-state index contributed by atoms with van der Waals surface area (Å²) in [6, 6.07) is 4.24. The predicted octanol–water partition coefficient (Wildman–Crippen LogP) is 3.10. The number of carbonyl (C=O) groups is 1. The molecule has 1 aliphatic rings. The lowest BCUT2D eigenvalue weighted by atomic mass is 10.0. The molecule has 1 amide bonds. The van der Waals surface area contributed by atoms with Crippen LogP contribution in [0.3, 0.4) is 0 Å². The molecule has 1 aromatic heterocycles. The van der Waals surface area contributed by atoms with E-state index in [0.29, 0.717) is 31.3 Å². The lowest BCUT2D eigenvalue weighted by Gasteiger charge is -2.14. The molecule has 0 spiro atoms. The molecule has 3 N–H and O–H groups in total. The third kappa shape index (κ3) is 7.46. The molecular formula is C19H32N4OS. The first-order valence-corrected chi connectivity index (χ1v) is 10.4. The number of rotatable bonds is 9. The van der Waals surface area contributed by atoms with Gasteiger partial charge in [-0.1, -0.05) is 25.8 Å². The molecule has 0 saturated heterocycles. The number of hydrogen-bond donors (Lipinski definition) is 3. The Hall–Kier alpha value is -1.56. The van der Waals surface area contributed by atoms with Gasteiger partial charge in [-0.15, -0.1) is 11.3 Å². The number of hydrogen-bond acceptors (Lipinski definition) is 3. The van der Waals surface area contributed by atoms with E-state index in [1.54, 1.807) is 11.3 Å². The van der Waals surface area contributed by atoms with Crippen molar-refractivity contribution in [2.24, 2.45) is 10.9 Å². The minimum atomic E-state index is 0.182. The minimum absolute atomic E-state index is 0.182. The molecule has 2 rings (SSSR count). The van der Waals surface area contributed by atoms with E-state index >= 15 is 0 Å². The van der Waals surface area contributed by atoms with Gasteiger partial charge in [0, 0.05) is 36.9 Å². The Balaban J connectivity index is 1.66. The van der Waals surface area contributed by atoms with Gasteiger partial charge in [0.2, 0.25) is 5.91 Å². The average Bonchev–Trinajstić information content (AvgIpc) is 3.29. The molecule has 5 nitrogen and oxygen atoms in total. The van der Waals surface area contributed by atoms with Crippen molar-refractivity contribution >= 4 is 23.2 Å². The second-order valence-electron chi connectivity index (χ2n) is 6.77. The van der Waals surface area contributed by atoms with Crippen molar-refractivity contribution in [3.63, 3.8) is 0 Å². The molecule has 0 aliphatic heterocycles. The maximum Gasteiger partial charge on any atom is 0.220 e. The Labute approximate surface area is 155 Å². The van der Waals surface area contributed by atoms with E-state index in [4.69, 9.17) is 0 Å². The normalized spacial score (nSPS) is 16.6. The second-order valence-corrected chi connectivity index (χ2v) is 7.75. The van der Waals surface area contributed by atoms with Crippen LogP contribution < -0.4 is 16.0 Å². The summed E-state index contributed by atoms with van der Waals surface area (Å²) in [5.74, 6) is 2.02. The van der Waals surface area contributed by atoms with Gasteiger partial charge in [0.1, 0.15) is 0 Å². The van der Waals surface area contributed by atoms with Crippen molar-refractivity contribution < 1.29 is 4.79 Å². The molecule has 1 atom stereocenters. The first-order valence-electron chi connectivity index (χ1n) is 9.51. The molecule has 1 saturated carbocycles. The Kier molecular flexibility index (Phi) is 8.80. The van der Waals surface area contributed by atoms with Crippen LogP contribution in [-0.2, 0) is 4.79 Å². The standard InChI is InChI=1S/C19H32N4OS/c1-3-20-19(23-14-15(2)17-9-6-12-25-17)22-11-10-21-18(24)13-16-7-4-5-8-16/h6,9,12,15-16H,3-5,7-8,10-11,13-14H2,1-2H3,(H,21,24)(H2,20,22,23). The fraction of sp³-hybridized carbons (Fsp3) is 0.684. The maximum atomic E-state index is 11.9. The third-order valence-electron chi connectivity index (χ3n) is 4.58. The molecule has 140 valence electrons. The van der Waals surface area contributed by atoms with E-state index in [-0.39, 0.29) is 5.91 Å². The molecule has 1 unspecified atom stereocenters. The number of nitrogens with one attached hydrogen (secondary N) is 3. The first-order chi connectivity index (χ1) is 12.2. The summed E-state index contributed by atoms with van der Waals surface area (Å²) in [5, 5.41) is 11.7. The number of amides is 1. The maximum absolute atomic E-state index is 11.9. The van der Waals surface area contributed by atoms with E-state index < -0.39 is 0 Å². The summed E-state index contributed by atoms with van der Waals surface area (Å²) < 4.78 is 0. The van der Waals surface area contributed by atoms with Gasteiger partial charge < -0.3 is 16.0 Å². The summed E-state index contributed by atoms with van der Waals surface area (Å²) >= 11 is 1.78. The predicted molar refractivity (Wildman–Crippen MR) is 106 cm³/mol. The van der Waals surface area contributed by atoms with Crippen LogP contribution in [0.25, 0.3) is 0 Å². The van der Waals surface area contributed by atoms with Gasteiger partial charge in [-0.2, -0.15) is 0 Å². The topological polar surface area (TPSA) is 65.5 Å². The zero-order valence-corrected chi connectivity index (χ0v) is 16.3. The number of thiophene rings is 1. The SMILES string of the molecule is CCNC(=NCC(C)c1cccs1)NCCNC(=O)CC1CCCC1. The molecule has 1 heterocycles. The van der Waals surface area contributed by atoms with Crippen molar-refractivity contribution in [2.75, 3.05) is 26.2 Å². The van der Waals surface area contributed by atoms with Crippen LogP contribution in [0.5, 0.6) is 0 Å². The van der Waals surface area contributed by atoms with Gasteiger partial charge in [-0.05, 0) is 37.1 Å². The van der Waals surface area contributed by atoms with Gasteiger partial charge in [0.25, 0.3) is 0 Å². The number of carbonyl (C=O) groups excluding carboxylic acids is 1. The van der Waals surface area contributed by atoms with Crippen molar-refractivity contribution in [2.45, 2.75) is 51.9 Å². The molecule has 6 heteroatoms. The highest BCUT2D eigenvalue weighted by molar-refractivity contribution is 7.10. The highest BCUT2D eigenvalue weighted by Crippen LogP contribution is 2.27. The third-order valence-corrected chi connectivity index (χ3v) is 5.69. The second kappa shape index (κ2) is 11.1. The molecule has 0 aromatic carbocycles. The number of nitrogens with zero attached hydrogens (tertiary/aromatic N) is 1. The monoisotopic (exact) mass is 364 g/mol. The van der Waals surface area contributed by atoms with Gasteiger partial charge in [0.15, 0.2) is 5.96 Å². The molecule has 25 heavy (non-hydrogen) atoms. The van der Waals surface area contributed by atoms with Crippen LogP contribution in [0.15, 0.2) is 22.5 Å². The van der Waals surface area contributed by atoms with Crippen molar-refractivity contribution in [3.05, 3.63) is 22.4 Å². The van der Waals surface area contributed by atoms with Crippen LogP contribution in [0, 0.1) is 5.92 Å². The summed E-state index contributed by atoms with van der Waals surface area (Å²) in [5.41, 5.74) is 0. The lowest BCUT2D eigenvalue weighted by Crippen LogP contribution is -2.41. The molecular weight excluding hydrogens is 332 g/mol. The highest BCUT2D eigenvalue weighted by Gasteiger charge is 2.17. The minimum Gasteiger partial charge on any atom is -0.357 e. The largest absolute Gasteiger partial charge is 0.357 e. The molecule has 0 bridgehead atoms. The van der Waals surface area contributed by atoms with E-state index in [9.17, 15) is 4.79 Å². The quantitative estimate of drug-likeness (QED) is 0.358. The highest BCUT2D eigenvalue weighted by atomic mass is 32.1. The lowest BCUT2D eigenvalue weighted by molar-refractivity contribution is -0.121. The number of guanidine groups is 1. The molecule has 0 radical (unpaired) electrons. The van der Waals surface area contributed by atoms with Gasteiger partial charge in [0.05, 0.1) is 6.54 Å². The fourth-order valence-electron chi connectivity index (χ4n) is 3.16. The van der Waals surface area contributed by atoms with Crippen LogP contribution >= 0.6 is 11.3 Å². The summed E-state index contributed by atoms with van der Waals surface area (Å²) in [6.07, 6.45) is 5.68. The first kappa shape index (κ1) is 19.8. The van der Waals surface area contributed by atoms with E-state index in [0.717, 1.165) is 19.0 Å². The van der Waals surface area contributed by atoms with Crippen LogP contribution in [0.4, 0.5) is 0 Å². The van der Waals surface area contributed by atoms with Gasteiger partial charge >= 0.3 is 0 Å².